The second-order valence-corrected chi connectivity index (χ2v) is 7.99. The summed E-state index contributed by atoms with van der Waals surface area (Å²) >= 11 is 1.69. The number of allylic oxidation sites excluding steroid dienone is 6. The van der Waals surface area contributed by atoms with Crippen LogP contribution in [0.15, 0.2) is 84.3 Å². The van der Waals surface area contributed by atoms with Crippen LogP contribution in [0, 0.1) is 20.4 Å². The summed E-state index contributed by atoms with van der Waals surface area (Å²) in [5.41, 5.74) is 7.98. The molecule has 0 aliphatic rings. The molecule has 0 amide bonds. The molecule has 0 unspecified atom stereocenters. The van der Waals surface area contributed by atoms with Crippen LogP contribution in [0.5, 0.6) is 0 Å². The van der Waals surface area contributed by atoms with Crippen molar-refractivity contribution in [2.24, 2.45) is 0 Å². The predicted molar refractivity (Wildman–Crippen MR) is 154 cm³/mol. The van der Waals surface area contributed by atoms with Gasteiger partial charge in [0, 0.05) is 30.0 Å². The van der Waals surface area contributed by atoms with Crippen molar-refractivity contribution in [3.05, 3.63) is 114 Å². The molecule has 1 aromatic heterocycles. The van der Waals surface area contributed by atoms with Crippen molar-refractivity contribution in [2.75, 3.05) is 13.1 Å². The van der Waals surface area contributed by atoms with Gasteiger partial charge in [-0.1, -0.05) is 65.1 Å². The Hall–Kier alpha value is -2.09. The Kier molecular flexibility index (Phi) is 24.3. The molecule has 0 spiro atoms. The number of hydrogen-bond acceptors (Lipinski definition) is 3. The van der Waals surface area contributed by atoms with Gasteiger partial charge in [0.1, 0.15) is 0 Å². The molecule has 4 heteroatoms. The number of hydrogen-bond donors (Lipinski definition) is 2. The standard InChI is InChI=1S/C21H26N2S.C6H9.C2H6.CH3.W/c1-16-8-5-6-9-21(16)17(2)14-18(3)22-11-7-12-23-19(4)20-10-13-24-15-20;1-4-5-6(2)3;1-2;;/h5-6,8-10,13-15,22-23H,2,4,7,11-12H2,1,3H3;4H,1H2,2-3H3;1-2H3;1H3;/q;-1;;-1;+2/b18-14+;;;;. The van der Waals surface area contributed by atoms with E-state index in [9.17, 15) is 0 Å². The van der Waals surface area contributed by atoms with Gasteiger partial charge >= 0.3 is 21.1 Å². The van der Waals surface area contributed by atoms with E-state index in [2.05, 4.69) is 97.5 Å². The average Bonchev–Trinajstić information content (AvgIpc) is 3.30. The molecule has 2 nitrogen and oxygen atoms in total. The van der Waals surface area contributed by atoms with Crippen LogP contribution in [0.1, 0.15) is 57.7 Å². The average molecular weight is 649 g/mol. The molecule has 2 rings (SSSR count). The Balaban J connectivity index is -0.000000840. The monoisotopic (exact) mass is 648 g/mol. The molecule has 2 aromatic rings. The summed E-state index contributed by atoms with van der Waals surface area (Å²) in [6.07, 6.45) is 7.70. The van der Waals surface area contributed by atoms with Gasteiger partial charge in [-0.15, -0.1) is 0 Å². The molecule has 0 saturated heterocycles. The van der Waals surface area contributed by atoms with Crippen molar-refractivity contribution in [3.8, 4) is 0 Å². The Morgan fingerprint density at radius 3 is 2.15 bits per heavy atom. The van der Waals surface area contributed by atoms with Crippen LogP contribution in [0.4, 0.5) is 0 Å². The van der Waals surface area contributed by atoms with Crippen molar-refractivity contribution in [2.45, 2.75) is 48.0 Å². The van der Waals surface area contributed by atoms with E-state index in [-0.39, 0.29) is 28.5 Å². The first-order valence-corrected chi connectivity index (χ1v) is 12.1. The van der Waals surface area contributed by atoms with Crippen molar-refractivity contribution in [1.82, 2.24) is 10.6 Å². The Bertz CT molecular complexity index is 873. The topological polar surface area (TPSA) is 24.1 Å². The Morgan fingerprint density at radius 1 is 1.03 bits per heavy atom. The molecule has 0 fully saturated rings. The SMILES string of the molecule is C=C(NCCCN/C(C)=C/C(=C)c1ccccc1C)c1ccsc1.C=C[C-]=C(C)C.CC.[CH3-].[W+2]. The molecule has 0 atom stereocenters. The van der Waals surface area contributed by atoms with E-state index in [0.29, 0.717) is 0 Å². The van der Waals surface area contributed by atoms with Gasteiger partial charge in [0.2, 0.25) is 0 Å². The number of benzene rings is 1. The van der Waals surface area contributed by atoms with Gasteiger partial charge in [-0.25, -0.2) is 12.7 Å². The minimum absolute atomic E-state index is 0. The molecule has 0 aliphatic carbocycles. The van der Waals surface area contributed by atoms with Gasteiger partial charge in [0.15, 0.2) is 0 Å². The van der Waals surface area contributed by atoms with Crippen molar-refractivity contribution >= 4 is 22.6 Å². The number of aryl methyl sites for hydroxylation is 1. The maximum atomic E-state index is 4.18. The van der Waals surface area contributed by atoms with Gasteiger partial charge in [0.25, 0.3) is 0 Å². The summed E-state index contributed by atoms with van der Waals surface area (Å²) in [5, 5.41) is 11.0. The van der Waals surface area contributed by atoms with E-state index in [4.69, 9.17) is 0 Å². The van der Waals surface area contributed by atoms with Crippen molar-refractivity contribution in [3.63, 3.8) is 0 Å². The zero-order valence-electron chi connectivity index (χ0n) is 22.3. The summed E-state index contributed by atoms with van der Waals surface area (Å²) < 4.78 is 0. The Labute approximate surface area is 228 Å². The molecular formula is C30H44N2SW. The third-order valence-corrected chi connectivity index (χ3v) is 4.92. The molecule has 0 aliphatic heterocycles. The smallest absolute Gasteiger partial charge is 0.388 e. The van der Waals surface area contributed by atoms with Gasteiger partial charge < -0.3 is 18.1 Å². The molecule has 2 N–H and O–H groups in total. The molecule has 186 valence electrons. The molecule has 0 radical (unpaired) electrons. The maximum Gasteiger partial charge on any atom is 2.00 e. The van der Waals surface area contributed by atoms with Crippen LogP contribution < -0.4 is 10.6 Å². The van der Waals surface area contributed by atoms with Crippen LogP contribution in [0.3, 0.4) is 0 Å². The summed E-state index contributed by atoms with van der Waals surface area (Å²) in [6, 6.07) is 10.4. The second kappa shape index (κ2) is 22.7. The van der Waals surface area contributed by atoms with Gasteiger partial charge in [0.05, 0.1) is 0 Å². The fourth-order valence-corrected chi connectivity index (χ4v) is 3.35. The zero-order chi connectivity index (χ0) is 24.4. The maximum absolute atomic E-state index is 4.18. The van der Waals surface area contributed by atoms with Crippen LogP contribution in [-0.2, 0) is 21.1 Å². The summed E-state index contributed by atoms with van der Waals surface area (Å²) in [5.74, 6) is 0. The first kappa shape index (κ1) is 36.5. The summed E-state index contributed by atoms with van der Waals surface area (Å²) in [6.45, 7) is 25.7. The number of rotatable bonds is 10. The summed E-state index contributed by atoms with van der Waals surface area (Å²) in [4.78, 5) is 0. The van der Waals surface area contributed by atoms with Gasteiger partial charge in [-0.2, -0.15) is 16.9 Å². The van der Waals surface area contributed by atoms with Crippen molar-refractivity contribution < 1.29 is 21.1 Å². The third kappa shape index (κ3) is 16.5. The fourth-order valence-electron chi connectivity index (χ4n) is 2.68. The molecule has 0 bridgehead atoms. The van der Waals surface area contributed by atoms with Crippen LogP contribution in [0.25, 0.3) is 11.3 Å². The van der Waals surface area contributed by atoms with Gasteiger partial charge in [-0.3, -0.25) is 6.08 Å². The van der Waals surface area contributed by atoms with Crippen LogP contribution in [0.2, 0.25) is 0 Å². The van der Waals surface area contributed by atoms with Crippen molar-refractivity contribution in [1.29, 1.82) is 0 Å². The first-order chi connectivity index (χ1) is 15.3. The molecular weight excluding hydrogens is 604 g/mol. The fraction of sp³-hybridized carbons (Fsp3) is 0.300. The minimum Gasteiger partial charge on any atom is -0.388 e. The van der Waals surface area contributed by atoms with E-state index in [1.807, 2.05) is 27.7 Å². The molecule has 1 aromatic carbocycles. The second-order valence-electron chi connectivity index (χ2n) is 7.21. The third-order valence-electron chi connectivity index (χ3n) is 4.24. The van der Waals surface area contributed by atoms with E-state index in [1.165, 1.54) is 22.3 Å². The largest absolute Gasteiger partial charge is 2.00 e. The Morgan fingerprint density at radius 2 is 1.65 bits per heavy atom. The van der Waals surface area contributed by atoms with Crippen LogP contribution in [-0.4, -0.2) is 13.1 Å². The minimum atomic E-state index is 0. The molecule has 34 heavy (non-hydrogen) atoms. The van der Waals surface area contributed by atoms with E-state index >= 15 is 0 Å². The quantitative estimate of drug-likeness (QED) is 0.153. The molecule has 1 heterocycles. The predicted octanol–water partition coefficient (Wildman–Crippen LogP) is 8.63. The van der Waals surface area contributed by atoms with E-state index in [1.54, 1.807) is 17.4 Å². The number of thiophene rings is 1. The van der Waals surface area contributed by atoms with Gasteiger partial charge in [-0.05, 0) is 59.9 Å². The number of nitrogens with one attached hydrogen (secondary N) is 2. The first-order valence-electron chi connectivity index (χ1n) is 11.1. The van der Waals surface area contributed by atoms with E-state index < -0.39 is 0 Å². The summed E-state index contributed by atoms with van der Waals surface area (Å²) in [7, 11) is 0. The normalized spacial score (nSPS) is 9.29. The molecule has 0 saturated carbocycles. The van der Waals surface area contributed by atoms with Crippen LogP contribution >= 0.6 is 11.3 Å². The zero-order valence-corrected chi connectivity index (χ0v) is 26.0. The van der Waals surface area contributed by atoms with E-state index in [0.717, 1.165) is 36.5 Å².